The topological polar surface area (TPSA) is 90.7 Å². The molecule has 9 heteroatoms. The number of benzene rings is 2. The number of nitro groups is 1. The van der Waals surface area contributed by atoms with Crippen LogP contribution < -0.4 is 14.8 Å². The highest BCUT2D eigenvalue weighted by Crippen LogP contribution is 2.37. The lowest BCUT2D eigenvalue weighted by Crippen LogP contribution is -2.14. The molecule has 0 saturated heterocycles. The van der Waals surface area contributed by atoms with Gasteiger partial charge in [-0.25, -0.2) is 4.39 Å². The summed E-state index contributed by atoms with van der Waals surface area (Å²) in [6.45, 7) is 4.57. The summed E-state index contributed by atoms with van der Waals surface area (Å²) in [4.78, 5) is 22.7. The molecule has 0 heterocycles. The zero-order valence-corrected chi connectivity index (χ0v) is 16.2. The fourth-order valence-electron chi connectivity index (χ4n) is 2.34. The molecule has 7 nitrogen and oxygen atoms in total. The smallest absolute Gasteiger partial charge is 0.271 e. The van der Waals surface area contributed by atoms with Crippen molar-refractivity contribution >= 4 is 28.9 Å². The van der Waals surface area contributed by atoms with Crippen LogP contribution in [0.15, 0.2) is 30.3 Å². The third-order valence-corrected chi connectivity index (χ3v) is 4.01. The summed E-state index contributed by atoms with van der Waals surface area (Å²) < 4.78 is 25.1. The maximum absolute atomic E-state index is 13.9. The number of nitrogens with one attached hydrogen (secondary N) is 1. The van der Waals surface area contributed by atoms with Crippen LogP contribution in [0.5, 0.6) is 11.5 Å². The van der Waals surface area contributed by atoms with Crippen LogP contribution in [0.3, 0.4) is 0 Å². The van der Waals surface area contributed by atoms with Crippen molar-refractivity contribution < 1.29 is 23.6 Å². The Hall–Kier alpha value is -2.87. The first-order valence-corrected chi connectivity index (χ1v) is 9.09. The highest BCUT2D eigenvalue weighted by Gasteiger charge is 2.19. The van der Waals surface area contributed by atoms with Crippen LogP contribution in [0.2, 0.25) is 5.02 Å². The molecule has 0 aliphatic heterocycles. The molecule has 0 bridgehead atoms. The van der Waals surface area contributed by atoms with Gasteiger partial charge in [-0.05, 0) is 31.5 Å². The number of ether oxygens (including phenoxy) is 2. The van der Waals surface area contributed by atoms with Gasteiger partial charge in [0.15, 0.2) is 11.5 Å². The molecule has 1 amide bonds. The van der Waals surface area contributed by atoms with Gasteiger partial charge in [0.05, 0.1) is 28.8 Å². The van der Waals surface area contributed by atoms with Crippen LogP contribution in [0.1, 0.15) is 37.0 Å². The van der Waals surface area contributed by atoms with E-state index in [0.29, 0.717) is 19.0 Å². The molecule has 2 rings (SSSR count). The van der Waals surface area contributed by atoms with Crippen molar-refractivity contribution in [2.45, 2.75) is 26.7 Å². The minimum absolute atomic E-state index is 0.0993. The number of hydrogen-bond acceptors (Lipinski definition) is 5. The SMILES string of the molecule is CCCCOc1c(Cl)cc(C(=O)Nc2cc([N+](=O)[O-])ccc2F)cc1OCC. The van der Waals surface area contributed by atoms with Crippen LogP contribution in [-0.4, -0.2) is 24.0 Å². The molecule has 2 aromatic rings. The van der Waals surface area contributed by atoms with Crippen molar-refractivity contribution in [1.29, 1.82) is 0 Å². The van der Waals surface area contributed by atoms with E-state index in [0.717, 1.165) is 31.0 Å². The summed E-state index contributed by atoms with van der Waals surface area (Å²) in [5, 5.41) is 13.3. The standard InChI is InChI=1S/C19H20ClFN2O5/c1-3-5-8-28-18-14(20)9-12(10-17(18)27-4-2)19(24)22-16-11-13(23(25)26)6-7-15(16)21/h6-7,9-11H,3-5,8H2,1-2H3,(H,22,24). The number of halogens is 2. The fraction of sp³-hybridized carbons (Fsp3) is 0.316. The van der Waals surface area contributed by atoms with Crippen LogP contribution in [0.4, 0.5) is 15.8 Å². The second-order valence-electron chi connectivity index (χ2n) is 5.80. The molecular formula is C19H20ClFN2O5. The largest absolute Gasteiger partial charge is 0.490 e. The van der Waals surface area contributed by atoms with Crippen molar-refractivity contribution in [3.63, 3.8) is 0 Å². The Kier molecular flexibility index (Phi) is 7.57. The highest BCUT2D eigenvalue weighted by molar-refractivity contribution is 6.32. The van der Waals surface area contributed by atoms with Gasteiger partial charge in [-0.15, -0.1) is 0 Å². The predicted molar refractivity (Wildman–Crippen MR) is 104 cm³/mol. The summed E-state index contributed by atoms with van der Waals surface area (Å²) in [6, 6.07) is 5.67. The van der Waals surface area contributed by atoms with E-state index in [1.165, 1.54) is 12.1 Å². The van der Waals surface area contributed by atoms with Gasteiger partial charge in [-0.3, -0.25) is 14.9 Å². The van der Waals surface area contributed by atoms with Crippen molar-refractivity contribution in [1.82, 2.24) is 0 Å². The number of rotatable bonds is 9. The van der Waals surface area contributed by atoms with E-state index in [9.17, 15) is 19.3 Å². The maximum Gasteiger partial charge on any atom is 0.271 e. The van der Waals surface area contributed by atoms with Crippen LogP contribution in [0.25, 0.3) is 0 Å². The molecule has 0 fully saturated rings. The Balaban J connectivity index is 2.30. The minimum Gasteiger partial charge on any atom is -0.490 e. The highest BCUT2D eigenvalue weighted by atomic mass is 35.5. The Bertz CT molecular complexity index is 876. The van der Waals surface area contributed by atoms with Gasteiger partial charge in [0, 0.05) is 17.7 Å². The fourth-order valence-corrected chi connectivity index (χ4v) is 2.60. The molecule has 0 aliphatic rings. The molecule has 1 N–H and O–H groups in total. The number of amides is 1. The molecule has 28 heavy (non-hydrogen) atoms. The van der Waals surface area contributed by atoms with Gasteiger partial charge in [-0.2, -0.15) is 0 Å². The Morgan fingerprint density at radius 2 is 2.00 bits per heavy atom. The minimum atomic E-state index is -0.797. The molecule has 2 aromatic carbocycles. The monoisotopic (exact) mass is 410 g/mol. The van der Waals surface area contributed by atoms with Gasteiger partial charge >= 0.3 is 0 Å². The van der Waals surface area contributed by atoms with Gasteiger partial charge in [0.2, 0.25) is 0 Å². The predicted octanol–water partition coefficient (Wildman–Crippen LogP) is 5.22. The van der Waals surface area contributed by atoms with Crippen molar-refractivity contribution in [3.05, 3.63) is 56.8 Å². The number of nitro benzene ring substituents is 1. The van der Waals surface area contributed by atoms with E-state index in [1.807, 2.05) is 6.92 Å². The molecule has 0 saturated carbocycles. The van der Waals surface area contributed by atoms with E-state index < -0.39 is 16.6 Å². The molecule has 0 spiro atoms. The summed E-state index contributed by atoms with van der Waals surface area (Å²) in [6.07, 6.45) is 1.77. The number of anilines is 1. The molecule has 0 atom stereocenters. The van der Waals surface area contributed by atoms with E-state index in [1.54, 1.807) is 6.92 Å². The van der Waals surface area contributed by atoms with Gasteiger partial charge in [-0.1, -0.05) is 24.9 Å². The average Bonchev–Trinajstić information content (AvgIpc) is 2.65. The maximum atomic E-state index is 13.9. The average molecular weight is 411 g/mol. The third kappa shape index (κ3) is 5.32. The zero-order valence-electron chi connectivity index (χ0n) is 15.5. The third-order valence-electron chi connectivity index (χ3n) is 3.72. The van der Waals surface area contributed by atoms with Crippen LogP contribution in [-0.2, 0) is 0 Å². The summed E-state index contributed by atoms with van der Waals surface area (Å²) in [5.41, 5.74) is -0.553. The molecular weight excluding hydrogens is 391 g/mol. The van der Waals surface area contributed by atoms with E-state index in [-0.39, 0.29) is 27.7 Å². The molecule has 0 aromatic heterocycles. The molecule has 150 valence electrons. The molecule has 0 radical (unpaired) electrons. The van der Waals surface area contributed by atoms with E-state index >= 15 is 0 Å². The lowest BCUT2D eigenvalue weighted by atomic mass is 10.1. The summed E-state index contributed by atoms with van der Waals surface area (Å²) in [5.74, 6) is -0.872. The van der Waals surface area contributed by atoms with E-state index in [2.05, 4.69) is 5.32 Å². The first kappa shape index (κ1) is 21.4. The van der Waals surface area contributed by atoms with Gasteiger partial charge in [0.1, 0.15) is 5.82 Å². The zero-order chi connectivity index (χ0) is 20.7. The number of nitrogens with zero attached hydrogens (tertiary/aromatic N) is 1. The van der Waals surface area contributed by atoms with E-state index in [4.69, 9.17) is 21.1 Å². The van der Waals surface area contributed by atoms with Crippen LogP contribution >= 0.6 is 11.6 Å². The Morgan fingerprint density at radius 1 is 1.25 bits per heavy atom. The van der Waals surface area contributed by atoms with Crippen molar-refractivity contribution in [2.24, 2.45) is 0 Å². The summed E-state index contributed by atoms with van der Waals surface area (Å²) in [7, 11) is 0. The summed E-state index contributed by atoms with van der Waals surface area (Å²) >= 11 is 6.25. The normalized spacial score (nSPS) is 10.4. The number of unbranched alkanes of at least 4 members (excludes halogenated alkanes) is 1. The number of hydrogen-bond donors (Lipinski definition) is 1. The Morgan fingerprint density at radius 3 is 2.64 bits per heavy atom. The Labute approximate surface area is 166 Å². The number of non-ortho nitro benzene ring substituents is 1. The number of carbonyl (C=O) groups excluding carboxylic acids is 1. The lowest BCUT2D eigenvalue weighted by Gasteiger charge is -2.15. The van der Waals surface area contributed by atoms with Gasteiger partial charge in [0.25, 0.3) is 11.6 Å². The first-order valence-electron chi connectivity index (χ1n) is 8.71. The molecule has 0 aliphatic carbocycles. The first-order chi connectivity index (χ1) is 13.4. The van der Waals surface area contributed by atoms with Crippen LogP contribution in [0, 0.1) is 15.9 Å². The quantitative estimate of drug-likeness (QED) is 0.348. The molecule has 0 unspecified atom stereocenters. The lowest BCUT2D eigenvalue weighted by molar-refractivity contribution is -0.384. The van der Waals surface area contributed by atoms with Crippen molar-refractivity contribution in [3.8, 4) is 11.5 Å². The van der Waals surface area contributed by atoms with Gasteiger partial charge < -0.3 is 14.8 Å². The second kappa shape index (κ2) is 9.89. The number of carbonyl (C=O) groups is 1. The second-order valence-corrected chi connectivity index (χ2v) is 6.20. The van der Waals surface area contributed by atoms with Crippen molar-refractivity contribution in [2.75, 3.05) is 18.5 Å².